The largest absolute Gasteiger partial charge is 0.483 e. The van der Waals surface area contributed by atoms with Gasteiger partial charge in [-0.3, -0.25) is 9.59 Å². The summed E-state index contributed by atoms with van der Waals surface area (Å²) in [4.78, 5) is 27.0. The van der Waals surface area contributed by atoms with Crippen molar-refractivity contribution >= 4 is 33.4 Å². The Kier molecular flexibility index (Phi) is 7.19. The third-order valence-electron chi connectivity index (χ3n) is 5.14. The number of piperidine rings is 1. The van der Waals surface area contributed by atoms with Gasteiger partial charge in [-0.2, -0.15) is 0 Å². The van der Waals surface area contributed by atoms with E-state index in [2.05, 4.69) is 42.0 Å². The smallest absolute Gasteiger partial charge is 0.262 e. The molecule has 1 aliphatic rings. The number of likely N-dealkylation sites (tertiary alicyclic amines) is 1. The highest BCUT2D eigenvalue weighted by Gasteiger charge is 2.21. The van der Waals surface area contributed by atoms with E-state index in [9.17, 15) is 9.59 Å². The summed E-state index contributed by atoms with van der Waals surface area (Å²) in [7, 11) is 0. The van der Waals surface area contributed by atoms with E-state index in [0.29, 0.717) is 17.0 Å². The maximum atomic E-state index is 12.7. The van der Waals surface area contributed by atoms with E-state index in [4.69, 9.17) is 4.74 Å². The molecule has 0 unspecified atom stereocenters. The van der Waals surface area contributed by atoms with Crippen LogP contribution in [-0.4, -0.2) is 36.4 Å². The first kappa shape index (κ1) is 22.3. The van der Waals surface area contributed by atoms with Gasteiger partial charge in [0.2, 0.25) is 0 Å². The van der Waals surface area contributed by atoms with Gasteiger partial charge in [0, 0.05) is 34.4 Å². The van der Waals surface area contributed by atoms with Gasteiger partial charge in [0.05, 0.1) is 0 Å². The third kappa shape index (κ3) is 5.85. The lowest BCUT2D eigenvalue weighted by molar-refractivity contribution is -0.118. The summed E-state index contributed by atoms with van der Waals surface area (Å²) in [6.45, 7) is 7.81. The summed E-state index contributed by atoms with van der Waals surface area (Å²) >= 11 is 3.49. The van der Waals surface area contributed by atoms with Crippen LogP contribution < -0.4 is 10.1 Å². The number of benzene rings is 2. The lowest BCUT2D eigenvalue weighted by Gasteiger charge is -2.26. The van der Waals surface area contributed by atoms with Gasteiger partial charge >= 0.3 is 0 Å². The van der Waals surface area contributed by atoms with Crippen molar-refractivity contribution in [2.75, 3.05) is 25.0 Å². The Morgan fingerprint density at radius 1 is 1.07 bits per heavy atom. The molecule has 160 valence electrons. The number of rotatable bonds is 5. The van der Waals surface area contributed by atoms with E-state index in [1.165, 1.54) is 6.42 Å². The molecule has 1 aliphatic heterocycles. The highest BCUT2D eigenvalue weighted by atomic mass is 79.9. The molecule has 2 aromatic rings. The molecule has 1 fully saturated rings. The Morgan fingerprint density at radius 3 is 2.50 bits per heavy atom. The second kappa shape index (κ2) is 9.65. The summed E-state index contributed by atoms with van der Waals surface area (Å²) < 4.78 is 6.79. The molecule has 0 atom stereocenters. The van der Waals surface area contributed by atoms with Gasteiger partial charge in [0.1, 0.15) is 5.75 Å². The van der Waals surface area contributed by atoms with Crippen molar-refractivity contribution in [2.24, 2.45) is 0 Å². The number of carbonyl (C=O) groups is 2. The first-order chi connectivity index (χ1) is 14.2. The molecule has 6 heteroatoms. The van der Waals surface area contributed by atoms with Gasteiger partial charge in [-0.05, 0) is 61.1 Å². The van der Waals surface area contributed by atoms with E-state index in [1.54, 1.807) is 24.3 Å². The van der Waals surface area contributed by atoms with Crippen molar-refractivity contribution < 1.29 is 14.3 Å². The second-order valence-electron chi connectivity index (χ2n) is 8.66. The Balaban J connectivity index is 1.63. The van der Waals surface area contributed by atoms with Crippen LogP contribution in [0, 0.1) is 0 Å². The quantitative estimate of drug-likeness (QED) is 0.634. The number of hydrogen-bond donors (Lipinski definition) is 1. The summed E-state index contributed by atoms with van der Waals surface area (Å²) in [6.07, 6.45) is 3.27. The molecule has 0 aromatic heterocycles. The predicted octanol–water partition coefficient (Wildman–Crippen LogP) is 5.39. The summed E-state index contributed by atoms with van der Waals surface area (Å²) in [5, 5.41) is 2.84. The van der Waals surface area contributed by atoms with Crippen molar-refractivity contribution in [1.82, 2.24) is 4.90 Å². The monoisotopic (exact) mass is 472 g/mol. The predicted molar refractivity (Wildman–Crippen MR) is 123 cm³/mol. The van der Waals surface area contributed by atoms with Crippen LogP contribution in [0.4, 0.5) is 5.69 Å². The Morgan fingerprint density at radius 2 is 1.80 bits per heavy atom. The van der Waals surface area contributed by atoms with Gasteiger partial charge in [-0.1, -0.05) is 42.8 Å². The molecule has 3 rings (SSSR count). The SMILES string of the molecule is CC(C)(C)c1cc(Br)ccc1OCC(=O)Nc1cccc(C(=O)N2CCCCC2)c1. The normalized spacial score (nSPS) is 14.3. The molecule has 0 radical (unpaired) electrons. The van der Waals surface area contributed by atoms with Crippen molar-refractivity contribution in [1.29, 1.82) is 0 Å². The first-order valence-corrected chi connectivity index (χ1v) is 11.2. The number of nitrogens with one attached hydrogen (secondary N) is 1. The summed E-state index contributed by atoms with van der Waals surface area (Å²) in [6, 6.07) is 12.9. The topological polar surface area (TPSA) is 58.6 Å². The van der Waals surface area contributed by atoms with Crippen molar-refractivity contribution in [3.05, 3.63) is 58.1 Å². The molecule has 0 aliphatic carbocycles. The summed E-state index contributed by atoms with van der Waals surface area (Å²) in [5.41, 5.74) is 2.11. The van der Waals surface area contributed by atoms with Crippen LogP contribution in [0.5, 0.6) is 5.75 Å². The molecule has 1 saturated heterocycles. The van der Waals surface area contributed by atoms with E-state index >= 15 is 0 Å². The minimum atomic E-state index is -0.264. The number of nitrogens with zero attached hydrogens (tertiary/aromatic N) is 1. The minimum absolute atomic E-state index is 0.0201. The lowest BCUT2D eigenvalue weighted by atomic mass is 9.86. The van der Waals surface area contributed by atoms with Crippen LogP contribution in [-0.2, 0) is 10.2 Å². The minimum Gasteiger partial charge on any atom is -0.483 e. The number of hydrogen-bond acceptors (Lipinski definition) is 3. The second-order valence-corrected chi connectivity index (χ2v) is 9.58. The van der Waals surface area contributed by atoms with Crippen LogP contribution in [0.3, 0.4) is 0 Å². The van der Waals surface area contributed by atoms with Crippen molar-refractivity contribution in [3.8, 4) is 5.75 Å². The number of halogens is 1. The fourth-order valence-corrected chi connectivity index (χ4v) is 3.93. The van der Waals surface area contributed by atoms with E-state index in [0.717, 1.165) is 36.0 Å². The average molecular weight is 473 g/mol. The maximum absolute atomic E-state index is 12.7. The molecule has 0 spiro atoms. The number of carbonyl (C=O) groups excluding carboxylic acids is 2. The van der Waals surface area contributed by atoms with Crippen LogP contribution >= 0.6 is 15.9 Å². The molecular weight excluding hydrogens is 444 g/mol. The third-order valence-corrected chi connectivity index (χ3v) is 5.64. The Labute approximate surface area is 186 Å². The van der Waals surface area contributed by atoms with Gasteiger partial charge in [-0.25, -0.2) is 0 Å². The zero-order valence-corrected chi connectivity index (χ0v) is 19.4. The van der Waals surface area contributed by atoms with Gasteiger partial charge in [0.15, 0.2) is 6.61 Å². The lowest BCUT2D eigenvalue weighted by Crippen LogP contribution is -2.35. The van der Waals surface area contributed by atoms with Crippen LogP contribution in [0.15, 0.2) is 46.9 Å². The van der Waals surface area contributed by atoms with Crippen molar-refractivity contribution in [3.63, 3.8) is 0 Å². The van der Waals surface area contributed by atoms with E-state index in [-0.39, 0.29) is 23.8 Å². The molecule has 0 saturated carbocycles. The molecule has 1 N–H and O–H groups in total. The standard InChI is InChI=1S/C24H29BrN2O3/c1-24(2,3)20-15-18(25)10-11-21(20)30-16-22(28)26-19-9-7-8-17(14-19)23(29)27-12-5-4-6-13-27/h7-11,14-15H,4-6,12-13,16H2,1-3H3,(H,26,28). The molecule has 1 heterocycles. The molecule has 5 nitrogen and oxygen atoms in total. The fourth-order valence-electron chi connectivity index (χ4n) is 3.56. The number of amides is 2. The highest BCUT2D eigenvalue weighted by molar-refractivity contribution is 9.10. The molecule has 2 aromatic carbocycles. The number of ether oxygens (including phenoxy) is 1. The molecule has 0 bridgehead atoms. The highest BCUT2D eigenvalue weighted by Crippen LogP contribution is 2.33. The Hall–Kier alpha value is -2.34. The average Bonchev–Trinajstić information content (AvgIpc) is 2.72. The molecule has 30 heavy (non-hydrogen) atoms. The van der Waals surface area contributed by atoms with E-state index in [1.807, 2.05) is 23.1 Å². The van der Waals surface area contributed by atoms with E-state index < -0.39 is 0 Å². The van der Waals surface area contributed by atoms with Gasteiger partial charge in [0.25, 0.3) is 11.8 Å². The molecule has 2 amide bonds. The summed E-state index contributed by atoms with van der Waals surface area (Å²) in [5.74, 6) is 0.446. The van der Waals surface area contributed by atoms with Crippen LogP contribution in [0.25, 0.3) is 0 Å². The van der Waals surface area contributed by atoms with Gasteiger partial charge < -0.3 is 15.0 Å². The fraction of sp³-hybridized carbons (Fsp3) is 0.417. The van der Waals surface area contributed by atoms with Crippen LogP contribution in [0.1, 0.15) is 56.0 Å². The maximum Gasteiger partial charge on any atom is 0.262 e. The van der Waals surface area contributed by atoms with Crippen LogP contribution in [0.2, 0.25) is 0 Å². The first-order valence-electron chi connectivity index (χ1n) is 10.4. The van der Waals surface area contributed by atoms with Gasteiger partial charge in [-0.15, -0.1) is 0 Å². The zero-order chi connectivity index (χ0) is 21.7. The van der Waals surface area contributed by atoms with Crippen molar-refractivity contribution in [2.45, 2.75) is 45.4 Å². The zero-order valence-electron chi connectivity index (χ0n) is 17.8. The molecular formula is C24H29BrN2O3. The number of anilines is 1. The Bertz CT molecular complexity index is 915.